The maximum absolute atomic E-state index is 10.5. The molecule has 0 fully saturated rings. The van der Waals surface area contributed by atoms with E-state index >= 15 is 0 Å². The normalized spacial score (nSPS) is 11.0. The van der Waals surface area contributed by atoms with E-state index < -0.39 is 11.7 Å². The van der Waals surface area contributed by atoms with Crippen LogP contribution in [0, 0.1) is 0 Å². The van der Waals surface area contributed by atoms with Gasteiger partial charge in [-0.05, 0) is 0 Å². The van der Waals surface area contributed by atoms with Crippen molar-refractivity contribution in [2.75, 3.05) is 5.32 Å². The van der Waals surface area contributed by atoms with Gasteiger partial charge in [0.25, 0.3) is 0 Å². The van der Waals surface area contributed by atoms with Crippen molar-refractivity contribution in [1.29, 1.82) is 0 Å². The standard InChI is InChI=1S/C6H5N3O4S/c10-2-7-6-8-3(1-14-6)4(9-13)5(11)12/h1-2,13H,(H,11,12)(H,7,8,10)/b9-4-. The van der Waals surface area contributed by atoms with E-state index in [-0.39, 0.29) is 10.8 Å². The van der Waals surface area contributed by atoms with E-state index in [0.29, 0.717) is 6.41 Å². The zero-order valence-electron chi connectivity index (χ0n) is 6.67. The first-order valence-corrected chi connectivity index (χ1v) is 4.18. The lowest BCUT2D eigenvalue weighted by molar-refractivity contribution is -0.129. The molecule has 1 aromatic heterocycles. The van der Waals surface area contributed by atoms with Crippen molar-refractivity contribution in [1.82, 2.24) is 4.98 Å². The number of thiazole rings is 1. The van der Waals surface area contributed by atoms with Crippen molar-refractivity contribution in [3.05, 3.63) is 11.1 Å². The van der Waals surface area contributed by atoms with Crippen molar-refractivity contribution >= 4 is 34.6 Å². The summed E-state index contributed by atoms with van der Waals surface area (Å²) in [5, 5.41) is 23.3. The molecule has 0 spiro atoms. The lowest BCUT2D eigenvalue weighted by Gasteiger charge is -1.91. The molecular formula is C6H5N3O4S. The number of carbonyl (C=O) groups excluding carboxylic acids is 1. The molecule has 0 saturated heterocycles. The number of carbonyl (C=O) groups is 2. The minimum Gasteiger partial charge on any atom is -0.476 e. The van der Waals surface area contributed by atoms with Gasteiger partial charge in [-0.15, -0.1) is 11.3 Å². The molecule has 0 radical (unpaired) electrons. The average molecular weight is 215 g/mol. The molecule has 7 nitrogen and oxygen atoms in total. The second kappa shape index (κ2) is 4.33. The highest BCUT2D eigenvalue weighted by Crippen LogP contribution is 2.15. The van der Waals surface area contributed by atoms with Crippen LogP contribution in [0.2, 0.25) is 0 Å². The minimum atomic E-state index is -1.39. The van der Waals surface area contributed by atoms with Gasteiger partial charge in [-0.25, -0.2) is 9.78 Å². The molecule has 1 aromatic rings. The number of carboxylic acid groups (broad SMARTS) is 1. The second-order valence-electron chi connectivity index (χ2n) is 2.05. The van der Waals surface area contributed by atoms with Gasteiger partial charge in [0, 0.05) is 5.38 Å². The third-order valence-electron chi connectivity index (χ3n) is 1.23. The summed E-state index contributed by atoms with van der Waals surface area (Å²) >= 11 is 1.03. The summed E-state index contributed by atoms with van der Waals surface area (Å²) in [5.41, 5.74) is -0.574. The Morgan fingerprint density at radius 3 is 2.93 bits per heavy atom. The fourth-order valence-corrected chi connectivity index (χ4v) is 1.36. The summed E-state index contributed by atoms with van der Waals surface area (Å²) in [7, 11) is 0. The molecule has 0 aliphatic carbocycles. The molecule has 74 valence electrons. The fraction of sp³-hybridized carbons (Fsp3) is 0. The number of oxime groups is 1. The van der Waals surface area contributed by atoms with E-state index in [9.17, 15) is 9.59 Å². The van der Waals surface area contributed by atoms with Crippen molar-refractivity contribution in [2.45, 2.75) is 0 Å². The molecule has 0 atom stereocenters. The Hall–Kier alpha value is -1.96. The highest BCUT2D eigenvalue weighted by molar-refractivity contribution is 7.14. The molecule has 14 heavy (non-hydrogen) atoms. The van der Waals surface area contributed by atoms with Crippen LogP contribution < -0.4 is 5.32 Å². The molecule has 8 heteroatoms. The maximum atomic E-state index is 10.5. The number of carboxylic acids is 1. The average Bonchev–Trinajstić information content (AvgIpc) is 2.54. The number of nitrogens with zero attached hydrogens (tertiary/aromatic N) is 2. The van der Waals surface area contributed by atoms with Crippen LogP contribution in [0.25, 0.3) is 0 Å². The Labute approximate surface area is 81.7 Å². The monoisotopic (exact) mass is 215 g/mol. The van der Waals surface area contributed by atoms with Gasteiger partial charge in [0.2, 0.25) is 12.1 Å². The SMILES string of the molecule is O=CNc1nc(/C(=N/O)C(=O)O)cs1. The number of hydrogen-bond donors (Lipinski definition) is 3. The van der Waals surface area contributed by atoms with Gasteiger partial charge >= 0.3 is 5.97 Å². The second-order valence-corrected chi connectivity index (χ2v) is 2.91. The molecule has 0 unspecified atom stereocenters. The molecule has 0 aromatic carbocycles. The highest BCUT2D eigenvalue weighted by atomic mass is 32.1. The van der Waals surface area contributed by atoms with E-state index in [1.165, 1.54) is 5.38 Å². The van der Waals surface area contributed by atoms with Crippen molar-refractivity contribution in [3.8, 4) is 0 Å². The number of rotatable bonds is 4. The zero-order valence-corrected chi connectivity index (χ0v) is 7.48. The number of hydrogen-bond acceptors (Lipinski definition) is 6. The van der Waals surface area contributed by atoms with Gasteiger partial charge in [0.05, 0.1) is 0 Å². The lowest BCUT2D eigenvalue weighted by Crippen LogP contribution is -2.14. The van der Waals surface area contributed by atoms with Crippen LogP contribution in [-0.4, -0.2) is 33.4 Å². The van der Waals surface area contributed by atoms with E-state index in [2.05, 4.69) is 15.5 Å². The van der Waals surface area contributed by atoms with Crippen molar-refractivity contribution in [3.63, 3.8) is 0 Å². The number of anilines is 1. The van der Waals surface area contributed by atoms with Crippen molar-refractivity contribution in [2.24, 2.45) is 5.16 Å². The third kappa shape index (κ3) is 2.04. The number of aliphatic carboxylic acids is 1. The summed E-state index contributed by atoms with van der Waals surface area (Å²) in [5.74, 6) is -1.39. The van der Waals surface area contributed by atoms with Crippen LogP contribution in [0.4, 0.5) is 5.13 Å². The number of nitrogens with one attached hydrogen (secondary N) is 1. The molecule has 0 saturated carbocycles. The first-order chi connectivity index (χ1) is 6.69. The maximum Gasteiger partial charge on any atom is 0.360 e. The first-order valence-electron chi connectivity index (χ1n) is 3.30. The Morgan fingerprint density at radius 1 is 1.71 bits per heavy atom. The number of amides is 1. The van der Waals surface area contributed by atoms with Crippen LogP contribution in [0.15, 0.2) is 10.5 Å². The fourth-order valence-electron chi connectivity index (χ4n) is 0.703. The van der Waals surface area contributed by atoms with Crippen LogP contribution in [-0.2, 0) is 9.59 Å². The van der Waals surface area contributed by atoms with Crippen molar-refractivity contribution < 1.29 is 19.9 Å². The van der Waals surface area contributed by atoms with E-state index in [1.807, 2.05) is 0 Å². The Balaban J connectivity index is 2.95. The Morgan fingerprint density at radius 2 is 2.43 bits per heavy atom. The Bertz CT molecular complexity index is 386. The molecule has 1 rings (SSSR count). The summed E-state index contributed by atoms with van der Waals surface area (Å²) in [6.45, 7) is 0. The topological polar surface area (TPSA) is 112 Å². The largest absolute Gasteiger partial charge is 0.476 e. The Kier molecular flexibility index (Phi) is 3.13. The molecule has 0 aliphatic rings. The predicted octanol–water partition coefficient (Wildman–Crippen LogP) is -0.0257. The first kappa shape index (κ1) is 10.1. The van der Waals surface area contributed by atoms with Gasteiger partial charge in [-0.1, -0.05) is 5.16 Å². The molecule has 0 bridgehead atoms. The van der Waals surface area contributed by atoms with Gasteiger partial charge in [-0.2, -0.15) is 0 Å². The van der Waals surface area contributed by atoms with E-state index in [4.69, 9.17) is 10.3 Å². The van der Waals surface area contributed by atoms with Crippen LogP contribution >= 0.6 is 11.3 Å². The van der Waals surface area contributed by atoms with Crippen LogP contribution in [0.5, 0.6) is 0 Å². The molecule has 3 N–H and O–H groups in total. The van der Waals surface area contributed by atoms with Crippen LogP contribution in [0.3, 0.4) is 0 Å². The van der Waals surface area contributed by atoms with Crippen LogP contribution in [0.1, 0.15) is 5.69 Å². The summed E-state index contributed by atoms with van der Waals surface area (Å²) in [4.78, 5) is 24.2. The summed E-state index contributed by atoms with van der Waals surface area (Å²) in [6.07, 6.45) is 0.416. The molecular weight excluding hydrogens is 210 g/mol. The van der Waals surface area contributed by atoms with Gasteiger partial charge in [0.15, 0.2) is 5.13 Å². The third-order valence-corrected chi connectivity index (χ3v) is 2.01. The lowest BCUT2D eigenvalue weighted by atomic mass is 10.3. The summed E-state index contributed by atoms with van der Waals surface area (Å²) < 4.78 is 0. The van der Waals surface area contributed by atoms with Gasteiger partial charge in [-0.3, -0.25) is 4.79 Å². The van der Waals surface area contributed by atoms with Gasteiger partial charge < -0.3 is 15.6 Å². The quantitative estimate of drug-likeness (QED) is 0.282. The molecule has 1 heterocycles. The smallest absolute Gasteiger partial charge is 0.360 e. The molecule has 1 amide bonds. The summed E-state index contributed by atoms with van der Waals surface area (Å²) in [6, 6.07) is 0. The van der Waals surface area contributed by atoms with E-state index in [0.717, 1.165) is 11.3 Å². The van der Waals surface area contributed by atoms with E-state index in [1.54, 1.807) is 0 Å². The molecule has 0 aliphatic heterocycles. The van der Waals surface area contributed by atoms with Gasteiger partial charge in [0.1, 0.15) is 5.69 Å². The highest BCUT2D eigenvalue weighted by Gasteiger charge is 2.16. The zero-order chi connectivity index (χ0) is 10.6. The predicted molar refractivity (Wildman–Crippen MR) is 47.8 cm³/mol. The minimum absolute atomic E-state index is 0.00523. The number of aromatic nitrogens is 1.